The van der Waals surface area contributed by atoms with Crippen LogP contribution in [0.5, 0.6) is 0 Å². The highest BCUT2D eigenvalue weighted by Gasteiger charge is 2.56. The van der Waals surface area contributed by atoms with Crippen LogP contribution in [0.3, 0.4) is 0 Å². The lowest BCUT2D eigenvalue weighted by Crippen LogP contribution is -2.48. The van der Waals surface area contributed by atoms with Gasteiger partial charge in [-0.05, 0) is 69.8 Å². The van der Waals surface area contributed by atoms with Gasteiger partial charge in [-0.25, -0.2) is 9.69 Å². The van der Waals surface area contributed by atoms with Crippen molar-refractivity contribution in [3.8, 4) is 0 Å². The zero-order valence-corrected chi connectivity index (χ0v) is 16.5. The number of benzene rings is 1. The Kier molecular flexibility index (Phi) is 4.97. The Morgan fingerprint density at radius 1 is 1.07 bits per heavy atom. The molecule has 1 saturated carbocycles. The molecular weight excluding hydrogens is 338 g/mol. The van der Waals surface area contributed by atoms with Crippen molar-refractivity contribution in [2.75, 3.05) is 19.8 Å². The zero-order valence-electron chi connectivity index (χ0n) is 16.5. The van der Waals surface area contributed by atoms with Crippen LogP contribution in [-0.2, 0) is 11.2 Å². The summed E-state index contributed by atoms with van der Waals surface area (Å²) in [5.41, 5.74) is 2.07. The lowest BCUT2D eigenvalue weighted by atomic mass is 9.90. The average molecular weight is 370 g/mol. The van der Waals surface area contributed by atoms with Gasteiger partial charge in [0.2, 0.25) is 0 Å². The van der Waals surface area contributed by atoms with E-state index in [1.54, 1.807) is 0 Å². The number of nitrogens with zero attached hydrogens (tertiary/aromatic N) is 2. The Hall–Kier alpha value is -1.88. The number of carbonyl (C=O) groups excluding carboxylic acids is 2. The molecule has 1 atom stereocenters. The summed E-state index contributed by atoms with van der Waals surface area (Å²) >= 11 is 0. The third-order valence-corrected chi connectivity index (χ3v) is 6.71. The summed E-state index contributed by atoms with van der Waals surface area (Å²) in [7, 11) is 0. The number of likely N-dealkylation sites (tertiary alicyclic amines) is 1. The first-order chi connectivity index (χ1) is 13.0. The molecule has 4 rings (SSSR count). The topological polar surface area (TPSA) is 52.6 Å². The number of carbonyl (C=O) groups is 2. The number of rotatable bonds is 6. The summed E-state index contributed by atoms with van der Waals surface area (Å²) in [5.74, 6) is 1.03. The fourth-order valence-corrected chi connectivity index (χ4v) is 4.52. The molecule has 2 aliphatic heterocycles. The molecule has 0 aromatic heterocycles. The lowest BCUT2D eigenvalue weighted by Gasteiger charge is -2.34. The minimum atomic E-state index is -0.663. The number of hydrogen-bond acceptors (Lipinski definition) is 3. The van der Waals surface area contributed by atoms with E-state index in [0.29, 0.717) is 12.6 Å². The maximum Gasteiger partial charge on any atom is 0.326 e. The zero-order chi connectivity index (χ0) is 19.0. The van der Waals surface area contributed by atoms with Crippen LogP contribution in [0.4, 0.5) is 4.79 Å². The summed E-state index contributed by atoms with van der Waals surface area (Å²) in [6.07, 6.45) is 6.74. The number of aryl methyl sites for hydroxylation is 2. The van der Waals surface area contributed by atoms with Crippen LogP contribution >= 0.6 is 0 Å². The molecule has 2 heterocycles. The van der Waals surface area contributed by atoms with E-state index in [-0.39, 0.29) is 11.9 Å². The number of piperidine rings is 1. The fourth-order valence-electron chi connectivity index (χ4n) is 4.52. The van der Waals surface area contributed by atoms with E-state index >= 15 is 0 Å². The van der Waals surface area contributed by atoms with Gasteiger partial charge < -0.3 is 5.32 Å². The van der Waals surface area contributed by atoms with Gasteiger partial charge in [0.25, 0.3) is 5.91 Å². The van der Waals surface area contributed by atoms with E-state index < -0.39 is 5.54 Å². The van der Waals surface area contributed by atoms with Gasteiger partial charge in [0, 0.05) is 13.1 Å². The van der Waals surface area contributed by atoms with E-state index in [2.05, 4.69) is 41.4 Å². The van der Waals surface area contributed by atoms with Gasteiger partial charge in [-0.15, -0.1) is 0 Å². The second kappa shape index (κ2) is 7.27. The van der Waals surface area contributed by atoms with Gasteiger partial charge >= 0.3 is 6.03 Å². The molecule has 1 aromatic rings. The molecule has 1 aromatic carbocycles. The summed E-state index contributed by atoms with van der Waals surface area (Å²) in [5, 5.41) is 2.94. The Bertz CT molecular complexity index is 705. The van der Waals surface area contributed by atoms with Crippen molar-refractivity contribution in [3.05, 3.63) is 35.4 Å². The molecule has 3 amide bonds. The lowest BCUT2D eigenvalue weighted by molar-refractivity contribution is -0.133. The van der Waals surface area contributed by atoms with Gasteiger partial charge in [-0.2, -0.15) is 0 Å². The molecule has 1 unspecified atom stereocenters. The number of nitrogens with one attached hydrogen (secondary N) is 1. The molecule has 2 saturated heterocycles. The minimum Gasteiger partial charge on any atom is -0.323 e. The molecule has 5 heteroatoms. The molecule has 0 radical (unpaired) electrons. The highest BCUT2D eigenvalue weighted by Crippen LogP contribution is 2.42. The summed E-state index contributed by atoms with van der Waals surface area (Å²) in [4.78, 5) is 28.8. The summed E-state index contributed by atoms with van der Waals surface area (Å²) in [6, 6.07) is 8.63. The molecule has 5 nitrogen and oxygen atoms in total. The third-order valence-electron chi connectivity index (χ3n) is 6.71. The second-order valence-electron chi connectivity index (χ2n) is 8.87. The van der Waals surface area contributed by atoms with E-state index in [9.17, 15) is 9.59 Å². The Labute approximate surface area is 162 Å². The van der Waals surface area contributed by atoms with Crippen LogP contribution in [0.15, 0.2) is 24.3 Å². The van der Waals surface area contributed by atoms with Crippen molar-refractivity contribution in [1.82, 2.24) is 15.1 Å². The largest absolute Gasteiger partial charge is 0.326 e. The molecule has 3 fully saturated rings. The van der Waals surface area contributed by atoms with E-state index in [1.165, 1.54) is 22.4 Å². The Morgan fingerprint density at radius 2 is 1.74 bits per heavy atom. The first-order valence-corrected chi connectivity index (χ1v) is 10.4. The maximum atomic E-state index is 12.8. The molecule has 0 bridgehead atoms. The molecule has 146 valence electrons. The number of urea groups is 1. The van der Waals surface area contributed by atoms with Crippen molar-refractivity contribution in [1.29, 1.82) is 0 Å². The van der Waals surface area contributed by atoms with Crippen molar-refractivity contribution in [2.24, 2.45) is 11.8 Å². The maximum absolute atomic E-state index is 12.8. The molecular formula is C22H31N3O2. The van der Waals surface area contributed by atoms with Gasteiger partial charge in [0.1, 0.15) is 5.54 Å². The van der Waals surface area contributed by atoms with Crippen molar-refractivity contribution in [3.63, 3.8) is 0 Å². The standard InChI is InChI=1S/C22H31N3O2/c1-16-3-5-17(6-4-16)7-8-18-11-13-24(14-12-18)15-25-20(26)22(2,19-9-10-19)23-21(25)27/h3-6,18-19H,7-15H2,1-2H3,(H,23,27). The second-order valence-corrected chi connectivity index (χ2v) is 8.87. The SMILES string of the molecule is Cc1ccc(CCC2CCN(CN3C(=O)NC(C)(C4CC4)C3=O)CC2)cc1. The van der Waals surface area contributed by atoms with Gasteiger partial charge in [-0.1, -0.05) is 29.8 Å². The summed E-state index contributed by atoms with van der Waals surface area (Å²) in [6.45, 7) is 6.39. The normalized spacial score (nSPS) is 27.3. The first-order valence-electron chi connectivity index (χ1n) is 10.4. The molecule has 3 aliphatic rings. The molecule has 27 heavy (non-hydrogen) atoms. The van der Waals surface area contributed by atoms with Crippen LogP contribution in [0, 0.1) is 18.8 Å². The highest BCUT2D eigenvalue weighted by atomic mass is 16.2. The van der Waals surface area contributed by atoms with Gasteiger partial charge in [0.05, 0.1) is 6.67 Å². The molecule has 1 aliphatic carbocycles. The van der Waals surface area contributed by atoms with E-state index in [0.717, 1.165) is 51.1 Å². The van der Waals surface area contributed by atoms with Crippen LogP contribution in [0.25, 0.3) is 0 Å². The van der Waals surface area contributed by atoms with Crippen LogP contribution < -0.4 is 5.32 Å². The molecule has 0 spiro atoms. The third kappa shape index (κ3) is 3.88. The predicted octanol–water partition coefficient (Wildman–Crippen LogP) is 3.32. The van der Waals surface area contributed by atoms with Crippen LogP contribution in [-0.4, -0.2) is 47.0 Å². The monoisotopic (exact) mass is 369 g/mol. The van der Waals surface area contributed by atoms with Crippen molar-refractivity contribution in [2.45, 2.75) is 57.9 Å². The number of amides is 3. The Balaban J connectivity index is 1.24. The van der Waals surface area contributed by atoms with E-state index in [1.807, 2.05) is 6.92 Å². The first kappa shape index (κ1) is 18.5. The van der Waals surface area contributed by atoms with Gasteiger partial charge in [-0.3, -0.25) is 9.69 Å². The van der Waals surface area contributed by atoms with Crippen molar-refractivity contribution >= 4 is 11.9 Å². The van der Waals surface area contributed by atoms with Gasteiger partial charge in [0.15, 0.2) is 0 Å². The summed E-state index contributed by atoms with van der Waals surface area (Å²) < 4.78 is 0. The minimum absolute atomic E-state index is 0.0310. The Morgan fingerprint density at radius 3 is 2.37 bits per heavy atom. The average Bonchev–Trinajstić information content (AvgIpc) is 3.48. The van der Waals surface area contributed by atoms with Crippen LogP contribution in [0.1, 0.15) is 50.2 Å². The molecule has 1 N–H and O–H groups in total. The number of hydrogen-bond donors (Lipinski definition) is 1. The van der Waals surface area contributed by atoms with E-state index in [4.69, 9.17) is 0 Å². The number of imide groups is 1. The quantitative estimate of drug-likeness (QED) is 0.783. The van der Waals surface area contributed by atoms with Crippen molar-refractivity contribution < 1.29 is 9.59 Å². The van der Waals surface area contributed by atoms with Crippen LogP contribution in [0.2, 0.25) is 0 Å². The fraction of sp³-hybridized carbons (Fsp3) is 0.636. The smallest absolute Gasteiger partial charge is 0.323 e. The highest BCUT2D eigenvalue weighted by molar-refractivity contribution is 6.07. The predicted molar refractivity (Wildman–Crippen MR) is 105 cm³/mol.